The second kappa shape index (κ2) is 11.4. The maximum absolute atomic E-state index is 12.9. The molecule has 3 heterocycles. The van der Waals surface area contributed by atoms with Crippen LogP contribution in [0.3, 0.4) is 0 Å². The molecule has 186 valence electrons. The highest BCUT2D eigenvalue weighted by Crippen LogP contribution is 2.28. The van der Waals surface area contributed by atoms with Gasteiger partial charge in [-0.2, -0.15) is 3.89 Å². The number of rotatable bonds is 7. The molecule has 1 aromatic carbocycles. The predicted molar refractivity (Wildman–Crippen MR) is 130 cm³/mol. The van der Waals surface area contributed by atoms with Gasteiger partial charge < -0.3 is 14.5 Å². The minimum absolute atomic E-state index is 0.0475. The van der Waals surface area contributed by atoms with E-state index >= 15 is 0 Å². The molecule has 3 fully saturated rings. The molecule has 0 aliphatic carbocycles. The summed E-state index contributed by atoms with van der Waals surface area (Å²) in [5, 5.41) is 2.43. The first kappa shape index (κ1) is 24.8. The van der Waals surface area contributed by atoms with Gasteiger partial charge in [-0.05, 0) is 56.7 Å². The molecular weight excluding hydrogens is 459 g/mol. The normalized spacial score (nSPS) is 22.6. The van der Waals surface area contributed by atoms with Crippen LogP contribution in [0.2, 0.25) is 0 Å². The maximum atomic E-state index is 12.9. The van der Waals surface area contributed by atoms with Crippen molar-refractivity contribution in [2.75, 3.05) is 50.8 Å². The van der Waals surface area contributed by atoms with Crippen LogP contribution < -0.4 is 15.0 Å². The Morgan fingerprint density at radius 3 is 2.71 bits per heavy atom. The SMILES string of the molecule is Cc1ccc(OCC(=O)N2CCC(CN3CCC[C@@H](SF)C3)CC2)cc1N1CCC(=O)NC1=O. The van der Waals surface area contributed by atoms with Crippen LogP contribution in [0.15, 0.2) is 18.2 Å². The molecule has 0 spiro atoms. The molecule has 0 aromatic heterocycles. The van der Waals surface area contributed by atoms with Crippen LogP contribution in [0.5, 0.6) is 5.75 Å². The molecule has 1 atom stereocenters. The highest BCUT2D eigenvalue weighted by molar-refractivity contribution is 7.94. The number of likely N-dealkylation sites (tertiary alicyclic amines) is 2. The summed E-state index contributed by atoms with van der Waals surface area (Å²) in [6.07, 6.45) is 4.16. The Kier molecular flexibility index (Phi) is 8.31. The quantitative estimate of drug-likeness (QED) is 0.630. The van der Waals surface area contributed by atoms with E-state index in [1.165, 1.54) is 4.90 Å². The molecule has 3 aliphatic heterocycles. The van der Waals surface area contributed by atoms with Gasteiger partial charge in [0.25, 0.3) is 5.91 Å². The van der Waals surface area contributed by atoms with Crippen molar-refractivity contribution < 1.29 is 23.0 Å². The first-order valence-corrected chi connectivity index (χ1v) is 12.8. The van der Waals surface area contributed by atoms with Crippen molar-refractivity contribution in [2.24, 2.45) is 5.92 Å². The van der Waals surface area contributed by atoms with E-state index in [-0.39, 0.29) is 30.1 Å². The molecular formula is C24H33FN4O4S. The molecule has 3 aliphatic rings. The number of ether oxygens (including phenoxy) is 1. The number of piperidine rings is 2. The summed E-state index contributed by atoms with van der Waals surface area (Å²) in [6, 6.07) is 4.93. The Balaban J connectivity index is 1.24. The number of benzene rings is 1. The van der Waals surface area contributed by atoms with Gasteiger partial charge in [0.05, 0.1) is 5.69 Å². The van der Waals surface area contributed by atoms with E-state index in [0.717, 1.165) is 50.9 Å². The highest BCUT2D eigenvalue weighted by atomic mass is 32.2. The molecule has 0 bridgehead atoms. The summed E-state index contributed by atoms with van der Waals surface area (Å²) >= 11 is 0.485. The predicted octanol–water partition coefficient (Wildman–Crippen LogP) is 3.14. The number of aryl methyl sites for hydroxylation is 1. The number of hydrogen-bond acceptors (Lipinski definition) is 6. The molecule has 8 nitrogen and oxygen atoms in total. The fourth-order valence-corrected chi connectivity index (χ4v) is 5.50. The van der Waals surface area contributed by atoms with Gasteiger partial charge in [0.1, 0.15) is 5.75 Å². The minimum Gasteiger partial charge on any atom is -0.484 e. The lowest BCUT2D eigenvalue weighted by Crippen LogP contribution is -2.49. The van der Waals surface area contributed by atoms with E-state index in [1.807, 2.05) is 17.9 Å². The fraction of sp³-hybridized carbons (Fsp3) is 0.625. The van der Waals surface area contributed by atoms with Gasteiger partial charge in [-0.1, -0.05) is 6.07 Å². The van der Waals surface area contributed by atoms with E-state index in [9.17, 15) is 18.3 Å². The zero-order valence-corrected chi connectivity index (χ0v) is 20.4. The average Bonchev–Trinajstić information content (AvgIpc) is 2.84. The van der Waals surface area contributed by atoms with E-state index < -0.39 is 6.03 Å². The topological polar surface area (TPSA) is 82.2 Å². The van der Waals surface area contributed by atoms with Crippen molar-refractivity contribution in [3.05, 3.63) is 23.8 Å². The van der Waals surface area contributed by atoms with Crippen molar-refractivity contribution >= 4 is 35.7 Å². The van der Waals surface area contributed by atoms with E-state index in [2.05, 4.69) is 10.2 Å². The fourth-order valence-electron chi connectivity index (χ4n) is 4.98. The van der Waals surface area contributed by atoms with Crippen LogP contribution in [0.4, 0.5) is 14.4 Å². The number of nitrogens with zero attached hydrogens (tertiary/aromatic N) is 3. The van der Waals surface area contributed by atoms with Crippen LogP contribution in [-0.2, 0) is 9.59 Å². The van der Waals surface area contributed by atoms with Crippen molar-refractivity contribution in [2.45, 2.75) is 44.3 Å². The lowest BCUT2D eigenvalue weighted by molar-refractivity contribution is -0.134. The number of halogens is 1. The standard InChI is InChI=1S/C24H33FN4O4S/c1-17-4-5-19(13-21(17)29-12-8-22(30)26-24(29)32)33-16-23(31)28-10-6-18(7-11-28)14-27-9-2-3-20(15-27)34-25/h4-5,13,18,20H,2-3,6-12,14-16H2,1H3,(H,26,30,32)/t20-/m1/s1. The van der Waals surface area contributed by atoms with E-state index in [1.54, 1.807) is 12.1 Å². The Morgan fingerprint density at radius 2 is 1.97 bits per heavy atom. The lowest BCUT2D eigenvalue weighted by Gasteiger charge is -2.37. The largest absolute Gasteiger partial charge is 0.484 e. The first-order chi connectivity index (χ1) is 16.4. The van der Waals surface area contributed by atoms with E-state index in [4.69, 9.17) is 4.74 Å². The number of anilines is 1. The summed E-state index contributed by atoms with van der Waals surface area (Å²) in [6.45, 7) is 6.41. The highest BCUT2D eigenvalue weighted by Gasteiger charge is 2.28. The van der Waals surface area contributed by atoms with Gasteiger partial charge in [0.2, 0.25) is 5.91 Å². The number of nitrogens with one attached hydrogen (secondary N) is 1. The molecule has 34 heavy (non-hydrogen) atoms. The second-order valence-corrected chi connectivity index (χ2v) is 10.3. The number of hydrogen-bond donors (Lipinski definition) is 1. The van der Waals surface area contributed by atoms with Gasteiger partial charge in [-0.15, -0.1) is 0 Å². The number of imide groups is 1. The van der Waals surface area contributed by atoms with Crippen LogP contribution >= 0.6 is 12.1 Å². The third-order valence-corrected chi connectivity index (χ3v) is 7.60. The Labute approximate surface area is 204 Å². The summed E-state index contributed by atoms with van der Waals surface area (Å²) < 4.78 is 18.7. The van der Waals surface area contributed by atoms with Crippen molar-refractivity contribution in [1.29, 1.82) is 0 Å². The Bertz CT molecular complexity index is 909. The third kappa shape index (κ3) is 6.21. The molecule has 0 radical (unpaired) electrons. The first-order valence-electron chi connectivity index (χ1n) is 12.0. The van der Waals surface area contributed by atoms with Gasteiger partial charge in [0, 0.05) is 62.6 Å². The van der Waals surface area contributed by atoms with Crippen molar-refractivity contribution in [1.82, 2.24) is 15.1 Å². The van der Waals surface area contributed by atoms with Crippen molar-refractivity contribution in [3.63, 3.8) is 0 Å². The Morgan fingerprint density at radius 1 is 1.18 bits per heavy atom. The third-order valence-electron chi connectivity index (χ3n) is 6.96. The summed E-state index contributed by atoms with van der Waals surface area (Å²) in [5.74, 6) is 0.725. The molecule has 10 heteroatoms. The van der Waals surface area contributed by atoms with Crippen molar-refractivity contribution in [3.8, 4) is 5.75 Å². The molecule has 0 unspecified atom stereocenters. The summed E-state index contributed by atoms with van der Waals surface area (Å²) in [5.41, 5.74) is 1.55. The van der Waals surface area contributed by atoms with Crippen LogP contribution in [-0.4, -0.2) is 78.8 Å². The summed E-state index contributed by atoms with van der Waals surface area (Å²) in [7, 11) is 0. The zero-order valence-electron chi connectivity index (χ0n) is 19.6. The molecule has 1 aromatic rings. The maximum Gasteiger partial charge on any atom is 0.328 e. The van der Waals surface area contributed by atoms with Gasteiger partial charge in [0.15, 0.2) is 6.61 Å². The Hall–Kier alpha value is -2.33. The van der Waals surface area contributed by atoms with Crippen LogP contribution in [0, 0.1) is 12.8 Å². The molecule has 1 N–H and O–H groups in total. The van der Waals surface area contributed by atoms with E-state index in [0.29, 0.717) is 49.1 Å². The number of urea groups is 1. The summed E-state index contributed by atoms with van der Waals surface area (Å²) in [4.78, 5) is 42.1. The lowest BCUT2D eigenvalue weighted by atomic mass is 9.95. The monoisotopic (exact) mass is 492 g/mol. The number of carbonyl (C=O) groups is 3. The van der Waals surface area contributed by atoms with Gasteiger partial charge in [-0.25, -0.2) is 4.79 Å². The minimum atomic E-state index is -0.445. The smallest absolute Gasteiger partial charge is 0.328 e. The van der Waals surface area contributed by atoms with Crippen LogP contribution in [0.1, 0.15) is 37.7 Å². The zero-order chi connectivity index (χ0) is 24.1. The molecule has 3 saturated heterocycles. The van der Waals surface area contributed by atoms with Gasteiger partial charge in [-0.3, -0.25) is 19.8 Å². The number of carbonyl (C=O) groups excluding carboxylic acids is 3. The molecule has 4 rings (SSSR count). The van der Waals surface area contributed by atoms with Crippen LogP contribution in [0.25, 0.3) is 0 Å². The number of amides is 4. The van der Waals surface area contributed by atoms with Gasteiger partial charge >= 0.3 is 6.03 Å². The average molecular weight is 493 g/mol. The molecule has 0 saturated carbocycles. The second-order valence-electron chi connectivity index (χ2n) is 9.43. The molecule has 4 amide bonds.